The molecular formula is C15H15BrClNO. The van der Waals surface area contributed by atoms with E-state index in [0.717, 1.165) is 15.8 Å². The van der Waals surface area contributed by atoms with E-state index in [1.165, 1.54) is 0 Å². The van der Waals surface area contributed by atoms with Gasteiger partial charge >= 0.3 is 0 Å². The molecule has 2 nitrogen and oxygen atoms in total. The van der Waals surface area contributed by atoms with Gasteiger partial charge < -0.3 is 10.5 Å². The lowest BCUT2D eigenvalue weighted by Crippen LogP contribution is -2.29. The summed E-state index contributed by atoms with van der Waals surface area (Å²) in [4.78, 5) is 0. The highest BCUT2D eigenvalue weighted by Gasteiger charge is 2.18. The highest BCUT2D eigenvalue weighted by molar-refractivity contribution is 9.10. The van der Waals surface area contributed by atoms with Gasteiger partial charge in [-0.05, 0) is 42.8 Å². The smallest absolute Gasteiger partial charge is 0.138 e. The monoisotopic (exact) mass is 339 g/mol. The van der Waals surface area contributed by atoms with Crippen molar-refractivity contribution in [2.75, 3.05) is 0 Å². The maximum atomic E-state index is 6.02. The zero-order valence-electron chi connectivity index (χ0n) is 10.5. The number of ether oxygens (including phenoxy) is 1. The Hall–Kier alpha value is -1.03. The zero-order valence-corrected chi connectivity index (χ0v) is 12.9. The highest BCUT2D eigenvalue weighted by atomic mass is 79.9. The van der Waals surface area contributed by atoms with Crippen LogP contribution in [-0.4, -0.2) is 6.04 Å². The molecule has 2 aromatic rings. The van der Waals surface area contributed by atoms with Gasteiger partial charge in [-0.2, -0.15) is 0 Å². The lowest BCUT2D eigenvalue weighted by atomic mass is 10.0. The molecule has 19 heavy (non-hydrogen) atoms. The van der Waals surface area contributed by atoms with Crippen LogP contribution in [0.15, 0.2) is 53.0 Å². The molecule has 0 heterocycles. The predicted molar refractivity (Wildman–Crippen MR) is 82.6 cm³/mol. The molecule has 0 bridgehead atoms. The Morgan fingerprint density at radius 2 is 1.84 bits per heavy atom. The second-order valence-corrected chi connectivity index (χ2v) is 5.76. The van der Waals surface area contributed by atoms with Gasteiger partial charge in [0.2, 0.25) is 0 Å². The fourth-order valence-corrected chi connectivity index (χ4v) is 2.32. The van der Waals surface area contributed by atoms with Crippen molar-refractivity contribution in [2.45, 2.75) is 19.1 Å². The molecule has 0 fully saturated rings. The molecule has 0 radical (unpaired) electrons. The van der Waals surface area contributed by atoms with Crippen molar-refractivity contribution in [3.8, 4) is 5.75 Å². The quantitative estimate of drug-likeness (QED) is 0.885. The number of benzene rings is 2. The summed E-state index contributed by atoms with van der Waals surface area (Å²) in [5, 5.41) is 0.703. The van der Waals surface area contributed by atoms with Crippen LogP contribution in [0.25, 0.3) is 0 Å². The molecule has 0 aromatic heterocycles. The molecule has 4 heteroatoms. The van der Waals surface area contributed by atoms with Crippen LogP contribution in [0.1, 0.15) is 18.6 Å². The van der Waals surface area contributed by atoms with Crippen molar-refractivity contribution in [3.63, 3.8) is 0 Å². The van der Waals surface area contributed by atoms with Crippen LogP contribution in [0.3, 0.4) is 0 Å². The summed E-state index contributed by atoms with van der Waals surface area (Å²) in [6, 6.07) is 15.2. The number of hydrogen-bond donors (Lipinski definition) is 1. The van der Waals surface area contributed by atoms with Gasteiger partial charge in [0.15, 0.2) is 0 Å². The van der Waals surface area contributed by atoms with E-state index in [9.17, 15) is 0 Å². The molecule has 0 amide bonds. The summed E-state index contributed by atoms with van der Waals surface area (Å²) < 4.78 is 6.96. The van der Waals surface area contributed by atoms with Crippen LogP contribution in [0.2, 0.25) is 5.02 Å². The molecule has 0 spiro atoms. The molecule has 0 aliphatic heterocycles. The normalized spacial score (nSPS) is 13.9. The van der Waals surface area contributed by atoms with Crippen LogP contribution in [0.5, 0.6) is 5.75 Å². The van der Waals surface area contributed by atoms with Gasteiger partial charge in [-0.15, -0.1) is 0 Å². The molecule has 2 unspecified atom stereocenters. The van der Waals surface area contributed by atoms with Crippen molar-refractivity contribution in [1.82, 2.24) is 0 Å². The summed E-state index contributed by atoms with van der Waals surface area (Å²) in [5.74, 6) is 0.784. The van der Waals surface area contributed by atoms with E-state index in [1.807, 2.05) is 55.5 Å². The Kier molecular flexibility index (Phi) is 4.86. The highest BCUT2D eigenvalue weighted by Crippen LogP contribution is 2.27. The Labute approximate surface area is 126 Å². The van der Waals surface area contributed by atoms with Crippen LogP contribution in [-0.2, 0) is 0 Å². The Bertz CT molecular complexity index is 542. The topological polar surface area (TPSA) is 35.2 Å². The molecule has 0 saturated heterocycles. The Morgan fingerprint density at radius 3 is 2.42 bits per heavy atom. The standard InChI is InChI=1S/C15H15BrClNO/c1-10(18)15(11-5-7-13(17)8-6-11)19-14-4-2-3-12(16)9-14/h2-10,15H,18H2,1H3. The molecule has 0 aliphatic rings. The maximum absolute atomic E-state index is 6.02. The van der Waals surface area contributed by atoms with Crippen LogP contribution in [0, 0.1) is 0 Å². The fraction of sp³-hybridized carbons (Fsp3) is 0.200. The molecule has 2 N–H and O–H groups in total. The van der Waals surface area contributed by atoms with Crippen LogP contribution in [0.4, 0.5) is 0 Å². The second-order valence-electron chi connectivity index (χ2n) is 4.41. The van der Waals surface area contributed by atoms with Gasteiger partial charge in [0.05, 0.1) is 0 Å². The minimum Gasteiger partial charge on any atom is -0.484 e. The number of nitrogens with two attached hydrogens (primary N) is 1. The van der Waals surface area contributed by atoms with E-state index in [2.05, 4.69) is 15.9 Å². The van der Waals surface area contributed by atoms with Gasteiger partial charge in [-0.3, -0.25) is 0 Å². The summed E-state index contributed by atoms with van der Waals surface area (Å²) >= 11 is 9.32. The van der Waals surface area contributed by atoms with Gasteiger partial charge in [0.25, 0.3) is 0 Å². The number of rotatable bonds is 4. The minimum absolute atomic E-state index is 0.125. The van der Waals surface area contributed by atoms with E-state index >= 15 is 0 Å². The van der Waals surface area contributed by atoms with E-state index < -0.39 is 0 Å². The average Bonchev–Trinajstić information content (AvgIpc) is 2.37. The third kappa shape index (κ3) is 3.96. The lowest BCUT2D eigenvalue weighted by Gasteiger charge is -2.23. The molecule has 100 valence electrons. The molecule has 0 aliphatic carbocycles. The van der Waals surface area contributed by atoms with Crippen LogP contribution < -0.4 is 10.5 Å². The number of hydrogen-bond acceptors (Lipinski definition) is 2. The van der Waals surface area contributed by atoms with Crippen molar-refractivity contribution in [1.29, 1.82) is 0 Å². The van der Waals surface area contributed by atoms with Crippen molar-refractivity contribution in [2.24, 2.45) is 5.73 Å². The summed E-state index contributed by atoms with van der Waals surface area (Å²) in [7, 11) is 0. The first kappa shape index (κ1) is 14.4. The summed E-state index contributed by atoms with van der Waals surface area (Å²) in [5.41, 5.74) is 7.04. The van der Waals surface area contributed by atoms with Gasteiger partial charge in [-0.1, -0.05) is 45.7 Å². The first-order chi connectivity index (χ1) is 9.06. The van der Waals surface area contributed by atoms with Gasteiger partial charge in [0.1, 0.15) is 11.9 Å². The summed E-state index contributed by atoms with van der Waals surface area (Å²) in [6.45, 7) is 1.93. The van der Waals surface area contributed by atoms with Gasteiger partial charge in [-0.25, -0.2) is 0 Å². The second kappa shape index (κ2) is 6.42. The van der Waals surface area contributed by atoms with Crippen LogP contribution >= 0.6 is 27.5 Å². The first-order valence-electron chi connectivity index (χ1n) is 5.99. The Morgan fingerprint density at radius 1 is 1.16 bits per heavy atom. The molecule has 0 saturated carbocycles. The van der Waals surface area contributed by atoms with E-state index in [4.69, 9.17) is 22.1 Å². The Balaban J connectivity index is 2.23. The van der Waals surface area contributed by atoms with E-state index in [1.54, 1.807) is 0 Å². The molecule has 2 atom stereocenters. The molecule has 2 rings (SSSR count). The third-order valence-electron chi connectivity index (χ3n) is 2.74. The molecular weight excluding hydrogens is 326 g/mol. The van der Waals surface area contributed by atoms with Crippen molar-refractivity contribution in [3.05, 3.63) is 63.6 Å². The van der Waals surface area contributed by atoms with Crippen molar-refractivity contribution >= 4 is 27.5 Å². The SMILES string of the molecule is CC(N)C(Oc1cccc(Br)c1)c1ccc(Cl)cc1. The predicted octanol–water partition coefficient (Wildman–Crippen LogP) is 4.57. The zero-order chi connectivity index (χ0) is 13.8. The molecule has 2 aromatic carbocycles. The van der Waals surface area contributed by atoms with E-state index in [-0.39, 0.29) is 12.1 Å². The first-order valence-corrected chi connectivity index (χ1v) is 7.16. The van der Waals surface area contributed by atoms with Crippen molar-refractivity contribution < 1.29 is 4.74 Å². The summed E-state index contributed by atoms with van der Waals surface area (Å²) in [6.07, 6.45) is -0.202. The largest absolute Gasteiger partial charge is 0.484 e. The van der Waals surface area contributed by atoms with Gasteiger partial charge in [0, 0.05) is 15.5 Å². The average molecular weight is 341 g/mol. The lowest BCUT2D eigenvalue weighted by molar-refractivity contribution is 0.180. The number of halogens is 2. The minimum atomic E-state index is -0.202. The van der Waals surface area contributed by atoms with E-state index in [0.29, 0.717) is 5.02 Å². The fourth-order valence-electron chi connectivity index (χ4n) is 1.82. The third-order valence-corrected chi connectivity index (χ3v) is 3.48. The maximum Gasteiger partial charge on any atom is 0.138 e.